The van der Waals surface area contributed by atoms with Crippen LogP contribution < -0.4 is 10.6 Å². The van der Waals surface area contributed by atoms with Gasteiger partial charge in [0, 0.05) is 37.4 Å². The van der Waals surface area contributed by atoms with Crippen molar-refractivity contribution in [3.63, 3.8) is 0 Å². The van der Waals surface area contributed by atoms with E-state index in [1.807, 2.05) is 4.68 Å². The van der Waals surface area contributed by atoms with Crippen molar-refractivity contribution in [3.8, 4) is 0 Å². The zero-order valence-corrected chi connectivity index (χ0v) is 28.1. The number of aromatic nitrogens is 4. The fourth-order valence-corrected chi connectivity index (χ4v) is 9.39. The van der Waals surface area contributed by atoms with Gasteiger partial charge in [0.15, 0.2) is 0 Å². The molecule has 1 saturated heterocycles. The third kappa shape index (κ3) is 5.85. The molecule has 1 aliphatic heterocycles. The van der Waals surface area contributed by atoms with Gasteiger partial charge in [-0.1, -0.05) is 44.2 Å². The van der Waals surface area contributed by atoms with E-state index in [0.717, 1.165) is 87.6 Å². The third-order valence-corrected chi connectivity index (χ3v) is 11.7. The molecule has 4 atom stereocenters. The van der Waals surface area contributed by atoms with Gasteiger partial charge < -0.3 is 20.6 Å². The van der Waals surface area contributed by atoms with E-state index in [1.165, 1.54) is 29.7 Å². The largest absolute Gasteiger partial charge is 0.481 e. The molecule has 3 N–H and O–H groups in total. The molecule has 8 rings (SSSR count). The molecule has 3 aromatic rings. The summed E-state index contributed by atoms with van der Waals surface area (Å²) in [6, 6.07) is 13.4. The van der Waals surface area contributed by atoms with Crippen molar-refractivity contribution in [2.45, 2.75) is 103 Å². The van der Waals surface area contributed by atoms with Crippen molar-refractivity contribution < 1.29 is 9.90 Å². The molecule has 2 bridgehead atoms. The Morgan fingerprint density at radius 2 is 1.93 bits per heavy atom. The highest BCUT2D eigenvalue weighted by Crippen LogP contribution is 2.75. The molecule has 2 aromatic heterocycles. The van der Waals surface area contributed by atoms with Gasteiger partial charge in [-0.3, -0.25) is 9.48 Å². The second-order valence-corrected chi connectivity index (χ2v) is 15.1. The van der Waals surface area contributed by atoms with E-state index in [4.69, 9.17) is 15.1 Å². The van der Waals surface area contributed by atoms with Gasteiger partial charge in [0.1, 0.15) is 11.6 Å². The Hall–Kier alpha value is -3.30. The maximum absolute atomic E-state index is 11.8. The SMILES string of the molecule is CCC(NCc1nc2c(c(N[C@@H](CN3CCC[C@H](C)C3)c3cc(C)nn3C)n1)C[C@H](c1ccccc1)CC2)C12CC(C(=O)O)(C1)C2. The van der Waals surface area contributed by atoms with E-state index in [-0.39, 0.29) is 17.5 Å². The highest BCUT2D eigenvalue weighted by Gasteiger charge is 2.73. The quantitative estimate of drug-likeness (QED) is 0.232. The second-order valence-electron chi connectivity index (χ2n) is 15.1. The number of carbonyl (C=O) groups is 1. The average Bonchev–Trinajstić information content (AvgIpc) is 3.34. The summed E-state index contributed by atoms with van der Waals surface area (Å²) in [6.45, 7) is 10.4. The van der Waals surface area contributed by atoms with Crippen molar-refractivity contribution in [1.82, 2.24) is 30.0 Å². The minimum atomic E-state index is -0.621. The van der Waals surface area contributed by atoms with Crippen molar-refractivity contribution >= 4 is 11.8 Å². The molecule has 9 nitrogen and oxygen atoms in total. The summed E-state index contributed by atoms with van der Waals surface area (Å²) in [6.07, 6.45) is 8.82. The van der Waals surface area contributed by atoms with Crippen molar-refractivity contribution in [3.05, 3.63) is 70.4 Å². The Morgan fingerprint density at radius 1 is 1.15 bits per heavy atom. The summed E-state index contributed by atoms with van der Waals surface area (Å²) < 4.78 is 2.03. The maximum Gasteiger partial charge on any atom is 0.309 e. The smallest absolute Gasteiger partial charge is 0.309 e. The van der Waals surface area contributed by atoms with Crippen LogP contribution in [0.5, 0.6) is 0 Å². The molecule has 46 heavy (non-hydrogen) atoms. The van der Waals surface area contributed by atoms with E-state index in [1.54, 1.807) is 0 Å². The van der Waals surface area contributed by atoms with Gasteiger partial charge in [-0.25, -0.2) is 9.97 Å². The summed E-state index contributed by atoms with van der Waals surface area (Å²) in [5.74, 6) is 2.31. The van der Waals surface area contributed by atoms with Crippen LogP contribution in [0, 0.1) is 23.7 Å². The Bertz CT molecular complexity index is 1550. The number of rotatable bonds is 12. The first kappa shape index (κ1) is 31.3. The van der Waals surface area contributed by atoms with Crippen LogP contribution in [-0.4, -0.2) is 61.4 Å². The first-order chi connectivity index (χ1) is 22.2. The van der Waals surface area contributed by atoms with Crippen molar-refractivity contribution in [2.24, 2.45) is 23.8 Å². The van der Waals surface area contributed by atoms with Gasteiger partial charge in [-0.2, -0.15) is 5.10 Å². The number of nitrogens with one attached hydrogen (secondary N) is 2. The Labute approximate surface area is 273 Å². The lowest BCUT2D eigenvalue weighted by Crippen LogP contribution is -2.71. The Morgan fingerprint density at radius 3 is 2.61 bits per heavy atom. The first-order valence-corrected chi connectivity index (χ1v) is 17.6. The number of likely N-dealkylation sites (tertiary alicyclic amines) is 1. The predicted molar refractivity (Wildman–Crippen MR) is 180 cm³/mol. The number of carboxylic acid groups (broad SMARTS) is 1. The molecular weight excluding hydrogens is 574 g/mol. The van der Waals surface area contributed by atoms with Gasteiger partial charge in [0.05, 0.1) is 29.4 Å². The first-order valence-electron chi connectivity index (χ1n) is 17.6. The van der Waals surface area contributed by atoms with Gasteiger partial charge in [0.25, 0.3) is 0 Å². The summed E-state index contributed by atoms with van der Waals surface area (Å²) in [5, 5.41) is 22.2. The second kappa shape index (κ2) is 12.4. The van der Waals surface area contributed by atoms with Crippen LogP contribution in [0.3, 0.4) is 0 Å². The minimum absolute atomic E-state index is 0.0461. The van der Waals surface area contributed by atoms with E-state index in [9.17, 15) is 9.90 Å². The molecule has 9 heteroatoms. The number of benzene rings is 1. The molecule has 1 unspecified atom stereocenters. The van der Waals surface area contributed by atoms with E-state index in [0.29, 0.717) is 18.4 Å². The van der Waals surface area contributed by atoms with Crippen LogP contribution in [0.25, 0.3) is 0 Å². The minimum Gasteiger partial charge on any atom is -0.481 e. The molecular formula is C37H51N7O2. The number of anilines is 1. The third-order valence-electron chi connectivity index (χ3n) is 11.7. The van der Waals surface area contributed by atoms with E-state index in [2.05, 4.69) is 79.8 Å². The number of hydrogen-bond acceptors (Lipinski definition) is 7. The Balaban J connectivity index is 1.18. The number of aliphatic carboxylic acids is 1. The number of fused-ring (bicyclic) bond motifs is 1. The predicted octanol–water partition coefficient (Wildman–Crippen LogP) is 5.80. The van der Waals surface area contributed by atoms with Crippen LogP contribution in [0.1, 0.15) is 105 Å². The highest BCUT2D eigenvalue weighted by molar-refractivity contribution is 5.79. The number of aryl methyl sites for hydroxylation is 3. The van der Waals surface area contributed by atoms with E-state index < -0.39 is 11.4 Å². The van der Waals surface area contributed by atoms with Gasteiger partial charge in [-0.05, 0) is 100 Å². The van der Waals surface area contributed by atoms with Gasteiger partial charge in [-0.15, -0.1) is 0 Å². The molecule has 0 amide bonds. The summed E-state index contributed by atoms with van der Waals surface area (Å²) in [4.78, 5) is 24.8. The number of piperidine rings is 1. The molecule has 4 fully saturated rings. The molecule has 4 aliphatic carbocycles. The summed E-state index contributed by atoms with van der Waals surface area (Å²) in [5.41, 5.74) is 5.65. The summed E-state index contributed by atoms with van der Waals surface area (Å²) in [7, 11) is 2.05. The number of carboxylic acids is 1. The molecule has 0 radical (unpaired) electrons. The monoisotopic (exact) mass is 625 g/mol. The zero-order chi connectivity index (χ0) is 32.1. The number of nitrogens with zero attached hydrogens (tertiary/aromatic N) is 5. The topological polar surface area (TPSA) is 108 Å². The fraction of sp³-hybridized carbons (Fsp3) is 0.622. The average molecular weight is 626 g/mol. The van der Waals surface area contributed by atoms with Crippen LogP contribution in [-0.2, 0) is 31.2 Å². The standard InChI is InChI=1S/C37H51N7O2/c1-5-32(36-21-37(22-36,23-36)35(45)46)38-18-33-39-29-14-13-27(26-11-7-6-8-12-26)17-28(29)34(41-33)40-30(31-16-25(3)42-43(31)4)20-44-15-9-10-24(2)19-44/h6-8,11-12,16,24,27,30,32,38H,5,9-10,13-15,17-23H2,1-4H3,(H,45,46)(H,39,40,41)/t24-,27+,30-,32?,36?,37?/m0/s1. The highest BCUT2D eigenvalue weighted by atomic mass is 16.4. The lowest BCUT2D eigenvalue weighted by molar-refractivity contribution is -0.233. The van der Waals surface area contributed by atoms with Crippen LogP contribution in [0.15, 0.2) is 36.4 Å². The van der Waals surface area contributed by atoms with Crippen LogP contribution >= 0.6 is 0 Å². The zero-order valence-electron chi connectivity index (χ0n) is 28.1. The molecule has 1 aromatic carbocycles. The summed E-state index contributed by atoms with van der Waals surface area (Å²) >= 11 is 0. The molecule has 5 aliphatic rings. The lowest BCUT2D eigenvalue weighted by Gasteiger charge is -2.71. The van der Waals surface area contributed by atoms with Crippen molar-refractivity contribution in [2.75, 3.05) is 25.0 Å². The number of hydrogen-bond donors (Lipinski definition) is 3. The maximum atomic E-state index is 11.8. The molecule has 3 saturated carbocycles. The van der Waals surface area contributed by atoms with Gasteiger partial charge in [0.2, 0.25) is 0 Å². The molecule has 0 spiro atoms. The lowest BCUT2D eigenvalue weighted by atomic mass is 9.33. The normalized spacial score (nSPS) is 28.4. The van der Waals surface area contributed by atoms with Crippen molar-refractivity contribution in [1.29, 1.82) is 0 Å². The van der Waals surface area contributed by atoms with Crippen LogP contribution in [0.4, 0.5) is 5.82 Å². The van der Waals surface area contributed by atoms with Crippen LogP contribution in [0.2, 0.25) is 0 Å². The molecule has 246 valence electrons. The molecule has 3 heterocycles. The van der Waals surface area contributed by atoms with E-state index >= 15 is 0 Å². The van der Waals surface area contributed by atoms with Gasteiger partial charge >= 0.3 is 5.97 Å². The Kier molecular flexibility index (Phi) is 8.42. The fourth-order valence-electron chi connectivity index (χ4n) is 9.39.